The molecule has 0 aliphatic carbocycles. The minimum atomic E-state index is -0.240. The van der Waals surface area contributed by atoms with Crippen LogP contribution in [-0.2, 0) is 13.1 Å². The Morgan fingerprint density at radius 1 is 1.33 bits per heavy atom. The SMILES string of the molecule is CCNC(=NCc1cc(Br)ccc1F)NCc1cccs1. The Bertz CT molecular complexity index is 599. The summed E-state index contributed by atoms with van der Waals surface area (Å²) in [5.74, 6) is 0.446. The van der Waals surface area contributed by atoms with Gasteiger partial charge in [-0.2, -0.15) is 0 Å². The molecule has 0 bridgehead atoms. The Hall–Kier alpha value is -1.40. The molecule has 0 atom stereocenters. The molecule has 1 aromatic heterocycles. The van der Waals surface area contributed by atoms with E-state index >= 15 is 0 Å². The number of nitrogens with zero attached hydrogens (tertiary/aromatic N) is 1. The second-order valence-electron chi connectivity index (χ2n) is 4.36. The third-order valence-electron chi connectivity index (χ3n) is 2.77. The van der Waals surface area contributed by atoms with E-state index in [1.807, 2.05) is 18.4 Å². The smallest absolute Gasteiger partial charge is 0.191 e. The summed E-state index contributed by atoms with van der Waals surface area (Å²) in [6.07, 6.45) is 0. The number of rotatable bonds is 5. The van der Waals surface area contributed by atoms with Gasteiger partial charge in [0, 0.05) is 21.5 Å². The van der Waals surface area contributed by atoms with Gasteiger partial charge in [0.2, 0.25) is 0 Å². The number of hydrogen-bond donors (Lipinski definition) is 2. The summed E-state index contributed by atoms with van der Waals surface area (Å²) in [5.41, 5.74) is 0.567. The average molecular weight is 370 g/mol. The van der Waals surface area contributed by atoms with Crippen LogP contribution in [0.15, 0.2) is 45.2 Å². The fourth-order valence-electron chi connectivity index (χ4n) is 1.75. The number of thiophene rings is 1. The van der Waals surface area contributed by atoms with E-state index in [2.05, 4.69) is 37.6 Å². The predicted molar refractivity (Wildman–Crippen MR) is 90.1 cm³/mol. The predicted octanol–water partition coefficient (Wildman–Crippen LogP) is 3.91. The van der Waals surface area contributed by atoms with E-state index in [0.29, 0.717) is 24.6 Å². The van der Waals surface area contributed by atoms with Gasteiger partial charge >= 0.3 is 0 Å². The van der Waals surface area contributed by atoms with E-state index in [1.54, 1.807) is 23.5 Å². The standard InChI is InChI=1S/C15H17BrFN3S/c1-2-18-15(20-10-13-4-3-7-21-13)19-9-11-8-12(16)5-6-14(11)17/h3-8H,2,9-10H2,1H3,(H2,18,19,20). The summed E-state index contributed by atoms with van der Waals surface area (Å²) in [6.45, 7) is 3.77. The van der Waals surface area contributed by atoms with Crippen LogP contribution in [0.4, 0.5) is 4.39 Å². The van der Waals surface area contributed by atoms with Crippen LogP contribution in [-0.4, -0.2) is 12.5 Å². The van der Waals surface area contributed by atoms with Crippen LogP contribution in [0.3, 0.4) is 0 Å². The van der Waals surface area contributed by atoms with Crippen molar-refractivity contribution in [3.63, 3.8) is 0 Å². The van der Waals surface area contributed by atoms with Crippen molar-refractivity contribution in [3.8, 4) is 0 Å². The van der Waals surface area contributed by atoms with E-state index in [9.17, 15) is 4.39 Å². The third-order valence-corrected chi connectivity index (χ3v) is 4.14. The second-order valence-corrected chi connectivity index (χ2v) is 6.31. The van der Waals surface area contributed by atoms with E-state index < -0.39 is 0 Å². The molecule has 0 aliphatic heterocycles. The Balaban J connectivity index is 2.01. The van der Waals surface area contributed by atoms with Crippen molar-refractivity contribution in [2.24, 2.45) is 4.99 Å². The zero-order chi connectivity index (χ0) is 15.1. The Morgan fingerprint density at radius 2 is 2.19 bits per heavy atom. The third kappa shape index (κ3) is 5.13. The van der Waals surface area contributed by atoms with E-state index in [0.717, 1.165) is 11.0 Å². The average Bonchev–Trinajstić information content (AvgIpc) is 2.98. The van der Waals surface area contributed by atoms with Gasteiger partial charge in [-0.1, -0.05) is 22.0 Å². The molecule has 0 amide bonds. The second kappa shape index (κ2) is 8.14. The van der Waals surface area contributed by atoms with Crippen molar-refractivity contribution in [1.29, 1.82) is 0 Å². The molecule has 112 valence electrons. The quantitative estimate of drug-likeness (QED) is 0.619. The maximum atomic E-state index is 13.7. The Morgan fingerprint density at radius 3 is 2.90 bits per heavy atom. The number of hydrogen-bond acceptors (Lipinski definition) is 2. The molecule has 3 nitrogen and oxygen atoms in total. The zero-order valence-electron chi connectivity index (χ0n) is 11.7. The molecule has 0 unspecified atom stereocenters. The van der Waals surface area contributed by atoms with Crippen LogP contribution in [0.25, 0.3) is 0 Å². The van der Waals surface area contributed by atoms with Gasteiger partial charge in [-0.3, -0.25) is 0 Å². The van der Waals surface area contributed by atoms with Crippen molar-refractivity contribution in [2.45, 2.75) is 20.0 Å². The summed E-state index contributed by atoms with van der Waals surface area (Å²) in [4.78, 5) is 5.65. The largest absolute Gasteiger partial charge is 0.357 e. The van der Waals surface area contributed by atoms with Crippen LogP contribution in [0, 0.1) is 5.82 Å². The van der Waals surface area contributed by atoms with Crippen molar-refractivity contribution < 1.29 is 4.39 Å². The topological polar surface area (TPSA) is 36.4 Å². The number of halogens is 2. The fourth-order valence-corrected chi connectivity index (χ4v) is 2.81. The number of benzene rings is 1. The van der Waals surface area contributed by atoms with Crippen molar-refractivity contribution in [2.75, 3.05) is 6.54 Å². The van der Waals surface area contributed by atoms with E-state index in [-0.39, 0.29) is 5.82 Å². The van der Waals surface area contributed by atoms with Crippen molar-refractivity contribution in [1.82, 2.24) is 10.6 Å². The van der Waals surface area contributed by atoms with Gasteiger partial charge in [0.1, 0.15) is 5.82 Å². The summed E-state index contributed by atoms with van der Waals surface area (Å²) >= 11 is 5.04. The first-order valence-electron chi connectivity index (χ1n) is 6.67. The molecule has 2 rings (SSSR count). The highest BCUT2D eigenvalue weighted by Crippen LogP contribution is 2.16. The lowest BCUT2D eigenvalue weighted by Crippen LogP contribution is -2.36. The van der Waals surface area contributed by atoms with Gasteiger partial charge in [-0.15, -0.1) is 11.3 Å². The van der Waals surface area contributed by atoms with Crippen molar-refractivity contribution in [3.05, 3.63) is 56.4 Å². The molecule has 0 aliphatic rings. The first kappa shape index (κ1) is 16.0. The molecule has 0 radical (unpaired) electrons. The Labute approximate surface area is 136 Å². The minimum Gasteiger partial charge on any atom is -0.357 e. The maximum absolute atomic E-state index is 13.7. The monoisotopic (exact) mass is 369 g/mol. The molecule has 2 N–H and O–H groups in total. The molecule has 0 spiro atoms. The van der Waals surface area contributed by atoms with Crippen LogP contribution >= 0.6 is 27.3 Å². The van der Waals surface area contributed by atoms with Crippen LogP contribution in [0.2, 0.25) is 0 Å². The number of nitrogens with one attached hydrogen (secondary N) is 2. The first-order valence-corrected chi connectivity index (χ1v) is 8.34. The first-order chi connectivity index (χ1) is 10.2. The van der Waals surface area contributed by atoms with Gasteiger partial charge in [-0.05, 0) is 36.6 Å². The summed E-state index contributed by atoms with van der Waals surface area (Å²) in [6, 6.07) is 8.96. The lowest BCUT2D eigenvalue weighted by Gasteiger charge is -2.10. The molecular formula is C15H17BrFN3S. The summed E-state index contributed by atoms with van der Waals surface area (Å²) in [5, 5.41) is 8.44. The molecule has 0 saturated carbocycles. The number of aliphatic imine (C=N–C) groups is 1. The van der Waals surface area contributed by atoms with Crippen molar-refractivity contribution >= 4 is 33.2 Å². The lowest BCUT2D eigenvalue weighted by atomic mass is 10.2. The molecule has 1 heterocycles. The summed E-state index contributed by atoms with van der Waals surface area (Å²) in [7, 11) is 0. The zero-order valence-corrected chi connectivity index (χ0v) is 14.1. The maximum Gasteiger partial charge on any atom is 0.191 e. The molecule has 6 heteroatoms. The van der Waals surface area contributed by atoms with Gasteiger partial charge in [-0.25, -0.2) is 9.38 Å². The highest BCUT2D eigenvalue weighted by molar-refractivity contribution is 9.10. The fraction of sp³-hybridized carbons (Fsp3) is 0.267. The molecule has 1 aromatic carbocycles. The van der Waals surface area contributed by atoms with Crippen LogP contribution in [0.1, 0.15) is 17.4 Å². The molecule has 0 saturated heterocycles. The molecule has 21 heavy (non-hydrogen) atoms. The lowest BCUT2D eigenvalue weighted by molar-refractivity contribution is 0.610. The molecule has 2 aromatic rings. The van der Waals surface area contributed by atoms with Crippen LogP contribution < -0.4 is 10.6 Å². The highest BCUT2D eigenvalue weighted by Gasteiger charge is 2.04. The van der Waals surface area contributed by atoms with Gasteiger partial charge in [0.15, 0.2) is 5.96 Å². The van der Waals surface area contributed by atoms with E-state index in [1.165, 1.54) is 10.9 Å². The normalized spacial score (nSPS) is 11.5. The molecule has 0 fully saturated rings. The highest BCUT2D eigenvalue weighted by atomic mass is 79.9. The van der Waals surface area contributed by atoms with Gasteiger partial charge in [0.05, 0.1) is 13.1 Å². The van der Waals surface area contributed by atoms with Gasteiger partial charge in [0.25, 0.3) is 0 Å². The minimum absolute atomic E-state index is 0.240. The Kier molecular flexibility index (Phi) is 6.20. The van der Waals surface area contributed by atoms with Crippen LogP contribution in [0.5, 0.6) is 0 Å². The van der Waals surface area contributed by atoms with Gasteiger partial charge < -0.3 is 10.6 Å². The number of guanidine groups is 1. The van der Waals surface area contributed by atoms with E-state index in [4.69, 9.17) is 0 Å². The molecular weight excluding hydrogens is 353 g/mol. The summed E-state index contributed by atoms with van der Waals surface area (Å²) < 4.78 is 14.5.